The molecule has 1 aromatic rings. The van der Waals surface area contributed by atoms with Crippen molar-refractivity contribution >= 4 is 15.8 Å². The molecule has 0 heterocycles. The lowest BCUT2D eigenvalue weighted by Gasteiger charge is -2.01. The molecule has 5 nitrogen and oxygen atoms in total. The summed E-state index contributed by atoms with van der Waals surface area (Å²) in [5, 5.41) is 11.7. The zero-order valence-electron chi connectivity index (χ0n) is 8.62. The highest BCUT2D eigenvalue weighted by Gasteiger charge is 2.14. The second-order valence-corrected chi connectivity index (χ2v) is 4.53. The minimum absolute atomic E-state index is 0.0310. The van der Waals surface area contributed by atoms with E-state index in [2.05, 4.69) is 9.44 Å². The van der Waals surface area contributed by atoms with Crippen LogP contribution in [0.1, 0.15) is 13.3 Å². The van der Waals surface area contributed by atoms with E-state index in [9.17, 15) is 8.42 Å². The SMILES string of the molecule is C/C(CC#N)=N\OS(=O)(=O)c1ccccc1. The molecule has 0 atom stereocenters. The molecule has 1 aromatic carbocycles. The Kier molecular flexibility index (Phi) is 4.03. The van der Waals surface area contributed by atoms with Crippen molar-refractivity contribution in [3.8, 4) is 6.07 Å². The second kappa shape index (κ2) is 5.28. The normalized spacial score (nSPS) is 11.9. The van der Waals surface area contributed by atoms with Crippen LogP contribution in [0.3, 0.4) is 0 Å². The summed E-state index contributed by atoms with van der Waals surface area (Å²) in [6.45, 7) is 1.52. The Bertz CT molecular complexity index is 515. The van der Waals surface area contributed by atoms with E-state index < -0.39 is 10.1 Å². The highest BCUT2D eigenvalue weighted by Crippen LogP contribution is 2.11. The van der Waals surface area contributed by atoms with Gasteiger partial charge in [-0.3, -0.25) is 4.28 Å². The molecular formula is C10H10N2O3S. The molecule has 0 aromatic heterocycles. The third-order valence-corrected chi connectivity index (χ3v) is 2.78. The van der Waals surface area contributed by atoms with Gasteiger partial charge in [0, 0.05) is 0 Å². The Balaban J connectivity index is 2.83. The molecule has 0 radical (unpaired) electrons. The molecule has 6 heteroatoms. The average molecular weight is 238 g/mol. The minimum Gasteiger partial charge on any atom is -0.265 e. The van der Waals surface area contributed by atoms with E-state index in [4.69, 9.17) is 5.26 Å². The summed E-state index contributed by atoms with van der Waals surface area (Å²) in [6, 6.07) is 9.52. The molecule has 0 saturated carbocycles. The summed E-state index contributed by atoms with van der Waals surface area (Å²) in [6.07, 6.45) is 0.0321. The minimum atomic E-state index is -3.87. The highest BCUT2D eigenvalue weighted by atomic mass is 32.2. The Morgan fingerprint density at radius 3 is 2.62 bits per heavy atom. The van der Waals surface area contributed by atoms with E-state index in [0.717, 1.165) is 0 Å². The number of hydrogen-bond donors (Lipinski definition) is 0. The van der Waals surface area contributed by atoms with E-state index >= 15 is 0 Å². The van der Waals surface area contributed by atoms with Gasteiger partial charge in [0.2, 0.25) is 0 Å². The van der Waals surface area contributed by atoms with Crippen LogP contribution < -0.4 is 0 Å². The molecule has 0 bridgehead atoms. The standard InChI is InChI=1S/C10H10N2O3S/c1-9(7-8-11)12-15-16(13,14)10-5-3-2-4-6-10/h2-6H,7H2,1H3/b12-9+. The summed E-state index contributed by atoms with van der Waals surface area (Å²) < 4.78 is 27.5. The fraction of sp³-hybridized carbons (Fsp3) is 0.200. The van der Waals surface area contributed by atoms with Gasteiger partial charge in [-0.15, -0.1) is 0 Å². The molecule has 0 amide bonds. The van der Waals surface area contributed by atoms with Crippen LogP contribution in [-0.4, -0.2) is 14.1 Å². The number of rotatable bonds is 4. The van der Waals surface area contributed by atoms with Gasteiger partial charge < -0.3 is 0 Å². The Hall–Kier alpha value is -1.87. The predicted molar refractivity (Wildman–Crippen MR) is 58.1 cm³/mol. The molecule has 0 fully saturated rings. The van der Waals surface area contributed by atoms with Gasteiger partial charge in [-0.2, -0.15) is 13.7 Å². The quantitative estimate of drug-likeness (QED) is 0.590. The fourth-order valence-electron chi connectivity index (χ4n) is 0.890. The number of oxime groups is 1. The van der Waals surface area contributed by atoms with Gasteiger partial charge in [0.25, 0.3) is 0 Å². The van der Waals surface area contributed by atoms with E-state index in [1.807, 2.05) is 6.07 Å². The van der Waals surface area contributed by atoms with Gasteiger partial charge in [0.15, 0.2) is 0 Å². The van der Waals surface area contributed by atoms with E-state index in [-0.39, 0.29) is 11.3 Å². The molecule has 0 aliphatic heterocycles. The third-order valence-electron chi connectivity index (χ3n) is 1.66. The first-order valence-corrected chi connectivity index (χ1v) is 5.86. The van der Waals surface area contributed by atoms with Gasteiger partial charge >= 0.3 is 10.1 Å². The first kappa shape index (κ1) is 12.2. The third kappa shape index (κ3) is 3.37. The van der Waals surface area contributed by atoms with Crippen molar-refractivity contribution in [2.75, 3.05) is 0 Å². The maximum Gasteiger partial charge on any atom is 0.358 e. The van der Waals surface area contributed by atoms with E-state index in [0.29, 0.717) is 5.71 Å². The summed E-state index contributed by atoms with van der Waals surface area (Å²) in [7, 11) is -3.87. The first-order valence-electron chi connectivity index (χ1n) is 4.45. The monoisotopic (exact) mass is 238 g/mol. The Labute approximate surface area is 94.1 Å². The van der Waals surface area contributed by atoms with Crippen molar-refractivity contribution in [2.45, 2.75) is 18.2 Å². The molecule has 0 saturated heterocycles. The summed E-state index contributed by atoms with van der Waals surface area (Å²) >= 11 is 0. The summed E-state index contributed by atoms with van der Waals surface area (Å²) in [5.74, 6) is 0. The van der Waals surface area contributed by atoms with Gasteiger partial charge in [-0.25, -0.2) is 0 Å². The van der Waals surface area contributed by atoms with Crippen LogP contribution >= 0.6 is 0 Å². The highest BCUT2D eigenvalue weighted by molar-refractivity contribution is 7.86. The number of hydrogen-bond acceptors (Lipinski definition) is 5. The van der Waals surface area contributed by atoms with Crippen LogP contribution in [0.2, 0.25) is 0 Å². The summed E-state index contributed by atoms with van der Waals surface area (Å²) in [5.41, 5.74) is 0.307. The van der Waals surface area contributed by atoms with Crippen molar-refractivity contribution < 1.29 is 12.7 Å². The number of benzene rings is 1. The fourth-order valence-corrected chi connectivity index (χ4v) is 1.69. The molecule has 0 N–H and O–H groups in total. The van der Waals surface area contributed by atoms with Gasteiger partial charge in [-0.1, -0.05) is 23.4 Å². The lowest BCUT2D eigenvalue weighted by Crippen LogP contribution is -2.04. The Morgan fingerprint density at radius 1 is 1.44 bits per heavy atom. The van der Waals surface area contributed by atoms with Crippen molar-refractivity contribution in [3.63, 3.8) is 0 Å². The number of nitrogens with zero attached hydrogens (tertiary/aromatic N) is 2. The zero-order valence-corrected chi connectivity index (χ0v) is 9.44. The largest absolute Gasteiger partial charge is 0.358 e. The van der Waals surface area contributed by atoms with Gasteiger partial charge in [0.05, 0.1) is 18.2 Å². The van der Waals surface area contributed by atoms with Crippen molar-refractivity contribution in [3.05, 3.63) is 30.3 Å². The molecule has 1 rings (SSSR count). The van der Waals surface area contributed by atoms with Crippen LogP contribution in [0, 0.1) is 11.3 Å². The van der Waals surface area contributed by atoms with Crippen molar-refractivity contribution in [1.82, 2.24) is 0 Å². The maximum absolute atomic E-state index is 11.5. The first-order chi connectivity index (χ1) is 7.56. The molecule has 16 heavy (non-hydrogen) atoms. The zero-order chi connectivity index (χ0) is 12.0. The smallest absolute Gasteiger partial charge is 0.265 e. The van der Waals surface area contributed by atoms with E-state index in [1.54, 1.807) is 18.2 Å². The van der Waals surface area contributed by atoms with Gasteiger partial charge in [-0.05, 0) is 19.1 Å². The van der Waals surface area contributed by atoms with Crippen LogP contribution in [0.15, 0.2) is 40.4 Å². The molecule has 84 valence electrons. The summed E-state index contributed by atoms with van der Waals surface area (Å²) in [4.78, 5) is 0.0310. The topological polar surface area (TPSA) is 79.5 Å². The maximum atomic E-state index is 11.5. The number of nitriles is 1. The predicted octanol–water partition coefficient (Wildman–Crippen LogP) is 1.68. The molecule has 0 spiro atoms. The van der Waals surface area contributed by atoms with Crippen LogP contribution in [-0.2, 0) is 14.4 Å². The van der Waals surface area contributed by atoms with Crippen molar-refractivity contribution in [1.29, 1.82) is 5.26 Å². The Morgan fingerprint density at radius 2 is 2.06 bits per heavy atom. The van der Waals surface area contributed by atoms with Gasteiger partial charge in [0.1, 0.15) is 4.90 Å². The van der Waals surface area contributed by atoms with Crippen LogP contribution in [0.25, 0.3) is 0 Å². The molecule has 0 unspecified atom stereocenters. The lowest BCUT2D eigenvalue weighted by molar-refractivity contribution is 0.338. The molecule has 0 aliphatic rings. The van der Waals surface area contributed by atoms with Crippen LogP contribution in [0.5, 0.6) is 0 Å². The van der Waals surface area contributed by atoms with E-state index in [1.165, 1.54) is 19.1 Å². The second-order valence-electron chi connectivity index (χ2n) is 3.00. The molecular weight excluding hydrogens is 228 g/mol. The average Bonchev–Trinajstić information content (AvgIpc) is 2.28. The molecule has 0 aliphatic carbocycles. The lowest BCUT2D eigenvalue weighted by atomic mass is 10.3. The van der Waals surface area contributed by atoms with Crippen LogP contribution in [0.4, 0.5) is 0 Å². The van der Waals surface area contributed by atoms with Crippen molar-refractivity contribution in [2.24, 2.45) is 5.16 Å².